The molecule has 1 aliphatic rings. The standard InChI is InChI=1S/C21H21ClN6O2/c1-30-11-16-17(13-7-9-14(22)10-8-13)19-25-24-18-20(28(19)26-16)23-12-27(21(18)29)15-5-3-2-4-6-15/h7-10,12,15H,2-6,11H2,1H3. The van der Waals surface area contributed by atoms with Crippen molar-refractivity contribution in [2.45, 2.75) is 44.8 Å². The maximum absolute atomic E-state index is 13.1. The summed E-state index contributed by atoms with van der Waals surface area (Å²) >= 11 is 6.05. The fourth-order valence-electron chi connectivity index (χ4n) is 4.25. The second-order valence-electron chi connectivity index (χ2n) is 7.62. The summed E-state index contributed by atoms with van der Waals surface area (Å²) in [5.41, 5.74) is 3.36. The molecule has 30 heavy (non-hydrogen) atoms. The van der Waals surface area contributed by atoms with Gasteiger partial charge in [0, 0.05) is 18.2 Å². The highest BCUT2D eigenvalue weighted by Gasteiger charge is 2.22. The molecule has 8 nitrogen and oxygen atoms in total. The normalized spacial score (nSPS) is 15.3. The third-order valence-electron chi connectivity index (χ3n) is 5.71. The Labute approximate surface area is 177 Å². The van der Waals surface area contributed by atoms with Crippen molar-refractivity contribution in [2.24, 2.45) is 0 Å². The first-order valence-electron chi connectivity index (χ1n) is 10.1. The number of hydrogen-bond acceptors (Lipinski definition) is 6. The Bertz CT molecular complexity index is 1270. The molecule has 154 valence electrons. The highest BCUT2D eigenvalue weighted by Crippen LogP contribution is 2.30. The minimum Gasteiger partial charge on any atom is -0.378 e. The average Bonchev–Trinajstić information content (AvgIpc) is 3.14. The van der Waals surface area contributed by atoms with E-state index in [-0.39, 0.29) is 17.1 Å². The second-order valence-corrected chi connectivity index (χ2v) is 8.05. The summed E-state index contributed by atoms with van der Waals surface area (Å²) in [5.74, 6) is 0. The molecule has 0 saturated heterocycles. The van der Waals surface area contributed by atoms with Gasteiger partial charge < -0.3 is 4.74 Å². The zero-order valence-corrected chi connectivity index (χ0v) is 17.3. The average molecular weight is 425 g/mol. The molecule has 1 fully saturated rings. The Morgan fingerprint density at radius 2 is 1.87 bits per heavy atom. The Balaban J connectivity index is 1.72. The number of benzene rings is 1. The predicted molar refractivity (Wildman–Crippen MR) is 114 cm³/mol. The van der Waals surface area contributed by atoms with Gasteiger partial charge in [0.1, 0.15) is 6.33 Å². The number of nitrogens with zero attached hydrogens (tertiary/aromatic N) is 6. The van der Waals surface area contributed by atoms with E-state index in [1.54, 1.807) is 22.5 Å². The lowest BCUT2D eigenvalue weighted by molar-refractivity contribution is 0.181. The van der Waals surface area contributed by atoms with Crippen LogP contribution in [0.3, 0.4) is 0 Å². The summed E-state index contributed by atoms with van der Waals surface area (Å²) in [7, 11) is 1.61. The summed E-state index contributed by atoms with van der Waals surface area (Å²) in [6.07, 6.45) is 7.08. The fourth-order valence-corrected chi connectivity index (χ4v) is 4.38. The van der Waals surface area contributed by atoms with E-state index in [2.05, 4.69) is 20.3 Å². The smallest absolute Gasteiger partial charge is 0.283 e. The van der Waals surface area contributed by atoms with Crippen LogP contribution < -0.4 is 5.56 Å². The first-order valence-corrected chi connectivity index (χ1v) is 10.4. The molecule has 0 unspecified atom stereocenters. The van der Waals surface area contributed by atoms with Crippen LogP contribution in [0.2, 0.25) is 5.02 Å². The molecule has 3 heterocycles. The molecule has 4 aromatic rings. The van der Waals surface area contributed by atoms with Gasteiger partial charge in [0.15, 0.2) is 16.8 Å². The summed E-state index contributed by atoms with van der Waals surface area (Å²) in [6.45, 7) is 0.294. The van der Waals surface area contributed by atoms with Crippen molar-refractivity contribution in [3.63, 3.8) is 0 Å². The van der Waals surface area contributed by atoms with Gasteiger partial charge in [0.2, 0.25) is 0 Å². The van der Waals surface area contributed by atoms with Crippen LogP contribution in [0.25, 0.3) is 27.9 Å². The lowest BCUT2D eigenvalue weighted by Gasteiger charge is -2.23. The largest absolute Gasteiger partial charge is 0.378 e. The maximum atomic E-state index is 13.1. The van der Waals surface area contributed by atoms with E-state index >= 15 is 0 Å². The molecule has 0 aliphatic heterocycles. The molecule has 0 amide bonds. The minimum absolute atomic E-state index is 0.168. The highest BCUT2D eigenvalue weighted by atomic mass is 35.5. The van der Waals surface area contributed by atoms with Crippen molar-refractivity contribution in [2.75, 3.05) is 7.11 Å². The second kappa shape index (κ2) is 7.77. The fraction of sp³-hybridized carbons (Fsp3) is 0.381. The van der Waals surface area contributed by atoms with E-state index < -0.39 is 0 Å². The molecule has 0 atom stereocenters. The molecule has 1 saturated carbocycles. The van der Waals surface area contributed by atoms with Crippen LogP contribution in [-0.2, 0) is 11.3 Å². The van der Waals surface area contributed by atoms with Gasteiger partial charge in [-0.1, -0.05) is 43.0 Å². The van der Waals surface area contributed by atoms with Gasteiger partial charge in [-0.05, 0) is 30.5 Å². The third-order valence-corrected chi connectivity index (χ3v) is 5.97. The molecule has 0 spiro atoms. The summed E-state index contributed by atoms with van der Waals surface area (Å²) in [5, 5.41) is 13.9. The van der Waals surface area contributed by atoms with Crippen molar-refractivity contribution >= 4 is 28.4 Å². The van der Waals surface area contributed by atoms with Crippen molar-refractivity contribution in [1.82, 2.24) is 29.4 Å². The first kappa shape index (κ1) is 19.1. The van der Waals surface area contributed by atoms with Crippen molar-refractivity contribution in [3.05, 3.63) is 51.7 Å². The van der Waals surface area contributed by atoms with E-state index in [0.29, 0.717) is 28.6 Å². The number of rotatable bonds is 4. The minimum atomic E-state index is -0.168. The summed E-state index contributed by atoms with van der Waals surface area (Å²) in [6, 6.07) is 7.60. The van der Waals surface area contributed by atoms with E-state index in [4.69, 9.17) is 16.3 Å². The Morgan fingerprint density at radius 3 is 2.60 bits per heavy atom. The topological polar surface area (TPSA) is 87.2 Å². The number of hydrogen-bond donors (Lipinski definition) is 0. The number of aromatic nitrogens is 6. The molecule has 9 heteroatoms. The third kappa shape index (κ3) is 3.16. The van der Waals surface area contributed by atoms with Crippen LogP contribution in [0.5, 0.6) is 0 Å². The lowest BCUT2D eigenvalue weighted by Crippen LogP contribution is -2.28. The number of fused-ring (bicyclic) bond motifs is 3. The van der Waals surface area contributed by atoms with Crippen LogP contribution in [0, 0.1) is 0 Å². The van der Waals surface area contributed by atoms with Crippen LogP contribution >= 0.6 is 11.6 Å². The van der Waals surface area contributed by atoms with E-state index in [9.17, 15) is 4.79 Å². The Kier molecular flexibility index (Phi) is 4.96. The van der Waals surface area contributed by atoms with Gasteiger partial charge >= 0.3 is 0 Å². The van der Waals surface area contributed by atoms with E-state index in [1.807, 2.05) is 24.3 Å². The highest BCUT2D eigenvalue weighted by molar-refractivity contribution is 6.30. The zero-order chi connectivity index (χ0) is 20.7. The molecule has 0 radical (unpaired) electrons. The quantitative estimate of drug-likeness (QED) is 0.495. The van der Waals surface area contributed by atoms with Gasteiger partial charge in [0.25, 0.3) is 5.56 Å². The van der Waals surface area contributed by atoms with Gasteiger partial charge in [0.05, 0.1) is 17.9 Å². The van der Waals surface area contributed by atoms with Gasteiger partial charge in [-0.15, -0.1) is 10.2 Å². The lowest BCUT2D eigenvalue weighted by atomic mass is 9.95. The molecule has 0 N–H and O–H groups in total. The van der Waals surface area contributed by atoms with Gasteiger partial charge in [-0.3, -0.25) is 9.36 Å². The molecule has 1 aliphatic carbocycles. The van der Waals surface area contributed by atoms with Gasteiger partial charge in [-0.25, -0.2) is 4.98 Å². The van der Waals surface area contributed by atoms with Crippen molar-refractivity contribution < 1.29 is 4.74 Å². The first-order chi connectivity index (χ1) is 14.7. The summed E-state index contributed by atoms with van der Waals surface area (Å²) in [4.78, 5) is 17.7. The van der Waals surface area contributed by atoms with E-state index in [0.717, 1.165) is 36.8 Å². The SMILES string of the molecule is COCc1nn2c(nnc3c(=O)n(C4CCCCC4)cnc32)c1-c1ccc(Cl)cc1. The number of ether oxygens (including phenoxy) is 1. The maximum Gasteiger partial charge on any atom is 0.283 e. The van der Waals surface area contributed by atoms with Crippen LogP contribution in [0.1, 0.15) is 43.8 Å². The summed E-state index contributed by atoms with van der Waals surface area (Å²) < 4.78 is 8.64. The predicted octanol–water partition coefficient (Wildman–Crippen LogP) is 3.81. The Hall–Kier alpha value is -2.84. The molecular formula is C21H21ClN6O2. The van der Waals surface area contributed by atoms with Crippen LogP contribution in [0.4, 0.5) is 0 Å². The molecule has 1 aromatic carbocycles. The number of methoxy groups -OCH3 is 1. The van der Waals surface area contributed by atoms with E-state index in [1.165, 1.54) is 6.42 Å². The monoisotopic (exact) mass is 424 g/mol. The zero-order valence-electron chi connectivity index (χ0n) is 16.6. The molecule has 0 bridgehead atoms. The molecule has 3 aromatic heterocycles. The van der Waals surface area contributed by atoms with Crippen molar-refractivity contribution in [1.29, 1.82) is 0 Å². The van der Waals surface area contributed by atoms with Crippen molar-refractivity contribution in [3.8, 4) is 11.1 Å². The van der Waals surface area contributed by atoms with Gasteiger partial charge in [-0.2, -0.15) is 9.61 Å². The van der Waals surface area contributed by atoms with Crippen LogP contribution in [-0.4, -0.2) is 36.5 Å². The van der Waals surface area contributed by atoms with Crippen LogP contribution in [0.15, 0.2) is 35.4 Å². The Morgan fingerprint density at radius 1 is 1.10 bits per heavy atom. The number of halogens is 1. The molecular weight excluding hydrogens is 404 g/mol. The molecule has 5 rings (SSSR count).